The second-order valence-corrected chi connectivity index (χ2v) is 8.49. The highest BCUT2D eigenvalue weighted by Crippen LogP contribution is 2.51. The van der Waals surface area contributed by atoms with Gasteiger partial charge >= 0.3 is 0 Å². The lowest BCUT2D eigenvalue weighted by Gasteiger charge is -2.37. The molecule has 0 aliphatic rings. The summed E-state index contributed by atoms with van der Waals surface area (Å²) in [5, 5.41) is 0. The largest absolute Gasteiger partial charge is 0.317 e. The van der Waals surface area contributed by atoms with E-state index in [0.717, 1.165) is 5.56 Å². The van der Waals surface area contributed by atoms with Gasteiger partial charge in [0.1, 0.15) is 0 Å². The van der Waals surface area contributed by atoms with Crippen LogP contribution in [0.5, 0.6) is 0 Å². The van der Waals surface area contributed by atoms with Crippen molar-refractivity contribution < 1.29 is 9.05 Å². The van der Waals surface area contributed by atoms with Crippen molar-refractivity contribution in [1.29, 1.82) is 0 Å². The van der Waals surface area contributed by atoms with E-state index in [1.807, 2.05) is 30.3 Å². The molecule has 0 bridgehead atoms. The van der Waals surface area contributed by atoms with Crippen LogP contribution in [0.3, 0.4) is 0 Å². The first kappa shape index (κ1) is 20.4. The molecular weight excluding hydrogens is 364 g/mol. The zero-order valence-corrected chi connectivity index (χ0v) is 16.5. The highest BCUT2D eigenvalue weighted by molar-refractivity contribution is 7.44. The van der Waals surface area contributed by atoms with Crippen LogP contribution < -0.4 is 0 Å². The summed E-state index contributed by atoms with van der Waals surface area (Å²) in [5.74, 6) is -0.0341. The quantitative estimate of drug-likeness (QED) is 0.387. The monoisotopic (exact) mass is 385 g/mol. The molecule has 7 heteroatoms. The van der Waals surface area contributed by atoms with Crippen LogP contribution >= 0.6 is 43.3 Å². The fourth-order valence-electron chi connectivity index (χ4n) is 1.96. The second kappa shape index (κ2) is 9.64. The predicted molar refractivity (Wildman–Crippen MR) is 96.5 cm³/mol. The van der Waals surface area contributed by atoms with Gasteiger partial charge in [-0.1, -0.05) is 53.5 Å². The van der Waals surface area contributed by atoms with E-state index >= 15 is 0 Å². The van der Waals surface area contributed by atoms with Gasteiger partial charge in [0.15, 0.2) is 0 Å². The Labute approximate surface area is 149 Å². The van der Waals surface area contributed by atoms with E-state index in [0.29, 0.717) is 6.61 Å². The standard InChI is InChI=1S/C15H23Cl3NO2P/c1-12(2)19(13(3)4)22(21-15(17,18)11-16)20-10-14-8-6-5-7-9-14/h5-9,12-13H,10-11H2,1-4H3. The van der Waals surface area contributed by atoms with Crippen molar-refractivity contribution in [3.8, 4) is 0 Å². The normalized spacial score (nSPS) is 14.1. The van der Waals surface area contributed by atoms with E-state index < -0.39 is 13.0 Å². The molecular formula is C15H23Cl3NO2P. The molecule has 1 unspecified atom stereocenters. The van der Waals surface area contributed by atoms with Crippen LogP contribution in [0.2, 0.25) is 0 Å². The van der Waals surface area contributed by atoms with Crippen molar-refractivity contribution in [2.24, 2.45) is 0 Å². The molecule has 0 aliphatic carbocycles. The average Bonchev–Trinajstić information content (AvgIpc) is 2.45. The molecule has 126 valence electrons. The van der Waals surface area contributed by atoms with E-state index in [2.05, 4.69) is 32.4 Å². The molecule has 0 heterocycles. The van der Waals surface area contributed by atoms with Crippen molar-refractivity contribution in [3.63, 3.8) is 0 Å². The van der Waals surface area contributed by atoms with Crippen LogP contribution in [-0.2, 0) is 15.7 Å². The Morgan fingerprint density at radius 3 is 2.09 bits per heavy atom. The zero-order valence-electron chi connectivity index (χ0n) is 13.3. The number of hydrogen-bond donors (Lipinski definition) is 0. The minimum atomic E-state index is -1.47. The third-order valence-electron chi connectivity index (χ3n) is 2.80. The Kier molecular flexibility index (Phi) is 8.96. The molecule has 3 nitrogen and oxygen atoms in total. The van der Waals surface area contributed by atoms with Gasteiger partial charge in [-0.3, -0.25) is 4.52 Å². The van der Waals surface area contributed by atoms with Crippen molar-refractivity contribution in [2.45, 2.75) is 50.9 Å². The predicted octanol–water partition coefficient (Wildman–Crippen LogP) is 5.94. The molecule has 0 saturated carbocycles. The summed E-state index contributed by atoms with van der Waals surface area (Å²) in [6.45, 7) is 8.74. The maximum atomic E-state index is 6.07. The van der Waals surface area contributed by atoms with Gasteiger partial charge in [-0.2, -0.15) is 0 Å². The smallest absolute Gasteiger partial charge is 0.262 e. The lowest BCUT2D eigenvalue weighted by molar-refractivity contribution is 0.151. The van der Waals surface area contributed by atoms with Gasteiger partial charge in [-0.25, -0.2) is 4.67 Å². The number of benzene rings is 1. The summed E-state index contributed by atoms with van der Waals surface area (Å²) >= 11 is 17.9. The molecule has 0 aromatic heterocycles. The van der Waals surface area contributed by atoms with Crippen LogP contribution in [0.25, 0.3) is 0 Å². The maximum absolute atomic E-state index is 6.07. The van der Waals surface area contributed by atoms with Crippen LogP contribution in [0.1, 0.15) is 33.3 Å². The third-order valence-corrected chi connectivity index (χ3v) is 6.20. The van der Waals surface area contributed by atoms with Gasteiger partial charge in [-0.05, 0) is 33.3 Å². The highest BCUT2D eigenvalue weighted by atomic mass is 35.5. The van der Waals surface area contributed by atoms with E-state index in [4.69, 9.17) is 43.9 Å². The lowest BCUT2D eigenvalue weighted by atomic mass is 10.2. The molecule has 22 heavy (non-hydrogen) atoms. The topological polar surface area (TPSA) is 21.7 Å². The molecule has 0 N–H and O–H groups in total. The number of hydrogen-bond acceptors (Lipinski definition) is 3. The SMILES string of the molecule is CC(C)N(C(C)C)P(OCc1ccccc1)OC(Cl)(Cl)CCl. The molecule has 1 atom stereocenters. The molecule has 0 aliphatic heterocycles. The lowest BCUT2D eigenvalue weighted by Crippen LogP contribution is -2.35. The summed E-state index contributed by atoms with van der Waals surface area (Å²) in [6, 6.07) is 10.3. The molecule has 0 saturated heterocycles. The van der Waals surface area contributed by atoms with E-state index in [1.54, 1.807) is 0 Å². The van der Waals surface area contributed by atoms with Crippen molar-refractivity contribution >= 4 is 43.3 Å². The summed E-state index contributed by atoms with van der Waals surface area (Å²) in [7, 11) is -1.44. The maximum Gasteiger partial charge on any atom is 0.262 e. The summed E-state index contributed by atoms with van der Waals surface area (Å²) in [5.41, 5.74) is 1.06. The number of nitrogens with zero attached hydrogens (tertiary/aromatic N) is 1. The average molecular weight is 387 g/mol. The van der Waals surface area contributed by atoms with Gasteiger partial charge in [-0.15, -0.1) is 11.6 Å². The van der Waals surface area contributed by atoms with Crippen molar-refractivity contribution in [2.75, 3.05) is 5.88 Å². The first-order valence-electron chi connectivity index (χ1n) is 7.15. The number of halogens is 3. The van der Waals surface area contributed by atoms with Gasteiger partial charge in [0, 0.05) is 12.1 Å². The molecule has 0 amide bonds. The molecule has 0 fully saturated rings. The van der Waals surface area contributed by atoms with Gasteiger partial charge in [0.25, 0.3) is 8.53 Å². The fraction of sp³-hybridized carbons (Fsp3) is 0.600. The Morgan fingerprint density at radius 1 is 1.09 bits per heavy atom. The fourth-order valence-corrected chi connectivity index (χ4v) is 4.03. The van der Waals surface area contributed by atoms with E-state index in [-0.39, 0.29) is 18.0 Å². The Bertz CT molecular complexity index is 424. The number of rotatable bonds is 9. The molecule has 1 rings (SSSR count). The van der Waals surface area contributed by atoms with Gasteiger partial charge < -0.3 is 4.52 Å². The van der Waals surface area contributed by atoms with Gasteiger partial charge in [0.2, 0.25) is 4.52 Å². The van der Waals surface area contributed by atoms with Crippen LogP contribution in [0.4, 0.5) is 0 Å². The van der Waals surface area contributed by atoms with Crippen molar-refractivity contribution in [1.82, 2.24) is 4.67 Å². The van der Waals surface area contributed by atoms with Crippen molar-refractivity contribution in [3.05, 3.63) is 35.9 Å². The Balaban J connectivity index is 2.85. The second-order valence-electron chi connectivity index (χ2n) is 5.43. The Morgan fingerprint density at radius 2 is 1.64 bits per heavy atom. The molecule has 0 spiro atoms. The first-order valence-corrected chi connectivity index (χ1v) is 9.57. The molecule has 1 aromatic carbocycles. The highest BCUT2D eigenvalue weighted by Gasteiger charge is 2.35. The van der Waals surface area contributed by atoms with E-state index in [1.165, 1.54) is 0 Å². The molecule has 0 radical (unpaired) electrons. The van der Waals surface area contributed by atoms with Crippen LogP contribution in [-0.4, -0.2) is 27.2 Å². The summed E-state index contributed by atoms with van der Waals surface area (Å²) in [4.78, 5) is 0. The summed E-state index contributed by atoms with van der Waals surface area (Å²) < 4.78 is 12.4. The third kappa shape index (κ3) is 6.88. The van der Waals surface area contributed by atoms with Gasteiger partial charge in [0.05, 0.1) is 12.5 Å². The first-order chi connectivity index (χ1) is 10.3. The van der Waals surface area contributed by atoms with Crippen LogP contribution in [0.15, 0.2) is 30.3 Å². The Hall–Kier alpha value is 0.400. The minimum Gasteiger partial charge on any atom is -0.317 e. The molecule has 1 aromatic rings. The van der Waals surface area contributed by atoms with Crippen LogP contribution in [0, 0.1) is 0 Å². The zero-order chi connectivity index (χ0) is 16.8. The summed E-state index contributed by atoms with van der Waals surface area (Å²) in [6.07, 6.45) is 0. The minimum absolute atomic E-state index is 0.0341. The number of alkyl halides is 3. The van der Waals surface area contributed by atoms with E-state index in [9.17, 15) is 0 Å².